The Morgan fingerprint density at radius 1 is 0.844 bits per heavy atom. The minimum atomic E-state index is -0.464. The van der Waals surface area contributed by atoms with E-state index >= 15 is 0 Å². The molecule has 3 aromatic rings. The molecule has 0 aromatic heterocycles. The number of nitrogens with zero attached hydrogens (tertiary/aromatic N) is 1. The zero-order valence-electron chi connectivity index (χ0n) is 17.8. The molecular formula is C25H21ClN2O4. The highest BCUT2D eigenvalue weighted by Gasteiger charge is 2.41. The Kier molecular flexibility index (Phi) is 5.88. The van der Waals surface area contributed by atoms with Gasteiger partial charge in [-0.1, -0.05) is 48.0 Å². The van der Waals surface area contributed by atoms with Crippen LogP contribution < -0.4 is 19.7 Å². The normalized spacial score (nSPS) is 13.6. The van der Waals surface area contributed by atoms with Crippen molar-refractivity contribution >= 4 is 40.4 Å². The van der Waals surface area contributed by atoms with Crippen LogP contribution in [0.15, 0.2) is 72.4 Å². The van der Waals surface area contributed by atoms with Crippen molar-refractivity contribution in [3.05, 3.63) is 88.6 Å². The average Bonchev–Trinajstić information content (AvgIpc) is 3.05. The molecule has 4 rings (SSSR count). The number of hydrogen-bond acceptors (Lipinski definition) is 5. The number of benzene rings is 3. The number of ether oxygens (including phenoxy) is 2. The number of halogens is 1. The van der Waals surface area contributed by atoms with E-state index in [0.29, 0.717) is 33.5 Å². The Labute approximate surface area is 191 Å². The second-order valence-corrected chi connectivity index (χ2v) is 7.62. The van der Waals surface area contributed by atoms with Gasteiger partial charge in [0.05, 0.1) is 25.5 Å². The van der Waals surface area contributed by atoms with Crippen LogP contribution in [0, 0.1) is 6.92 Å². The highest BCUT2D eigenvalue weighted by atomic mass is 35.5. The molecule has 2 amide bonds. The topological polar surface area (TPSA) is 67.9 Å². The van der Waals surface area contributed by atoms with Gasteiger partial charge < -0.3 is 14.8 Å². The van der Waals surface area contributed by atoms with Crippen LogP contribution in [0.4, 0.5) is 11.4 Å². The fourth-order valence-corrected chi connectivity index (χ4v) is 3.79. The Morgan fingerprint density at radius 2 is 1.56 bits per heavy atom. The summed E-state index contributed by atoms with van der Waals surface area (Å²) in [6.45, 7) is 1.83. The van der Waals surface area contributed by atoms with E-state index in [9.17, 15) is 9.59 Å². The van der Waals surface area contributed by atoms with Gasteiger partial charge in [-0.05, 0) is 42.3 Å². The largest absolute Gasteiger partial charge is 0.493 e. The summed E-state index contributed by atoms with van der Waals surface area (Å²) >= 11 is 6.17. The smallest absolute Gasteiger partial charge is 0.282 e. The fraction of sp³-hybridized carbons (Fsp3) is 0.120. The summed E-state index contributed by atoms with van der Waals surface area (Å²) in [4.78, 5) is 28.2. The number of aryl methyl sites for hydroxylation is 1. The average molecular weight is 449 g/mol. The number of carbonyl (C=O) groups excluding carboxylic acids is 2. The molecule has 0 atom stereocenters. The second-order valence-electron chi connectivity index (χ2n) is 7.19. The number of rotatable bonds is 6. The lowest BCUT2D eigenvalue weighted by molar-refractivity contribution is -0.120. The molecular weight excluding hydrogens is 428 g/mol. The Morgan fingerprint density at radius 3 is 2.25 bits per heavy atom. The minimum absolute atomic E-state index is 0.174. The molecule has 0 radical (unpaired) electrons. The first-order valence-electron chi connectivity index (χ1n) is 9.88. The van der Waals surface area contributed by atoms with Crippen LogP contribution in [0.5, 0.6) is 11.5 Å². The fourth-order valence-electron chi connectivity index (χ4n) is 3.62. The molecule has 1 N–H and O–H groups in total. The number of nitrogens with one attached hydrogen (secondary N) is 1. The van der Waals surface area contributed by atoms with Crippen molar-refractivity contribution in [2.75, 3.05) is 24.4 Å². The van der Waals surface area contributed by atoms with Gasteiger partial charge in [-0.2, -0.15) is 0 Å². The van der Waals surface area contributed by atoms with E-state index < -0.39 is 11.8 Å². The van der Waals surface area contributed by atoms with E-state index in [2.05, 4.69) is 5.32 Å². The third-order valence-corrected chi connectivity index (χ3v) is 5.45. The third kappa shape index (κ3) is 3.81. The van der Waals surface area contributed by atoms with E-state index in [0.717, 1.165) is 10.5 Å². The molecule has 1 heterocycles. The van der Waals surface area contributed by atoms with Crippen LogP contribution in [0.2, 0.25) is 5.02 Å². The van der Waals surface area contributed by atoms with Gasteiger partial charge in [-0.15, -0.1) is 0 Å². The lowest BCUT2D eigenvalue weighted by atomic mass is 10.0. The lowest BCUT2D eigenvalue weighted by Crippen LogP contribution is -2.33. The van der Waals surface area contributed by atoms with Crippen molar-refractivity contribution in [2.45, 2.75) is 6.92 Å². The maximum atomic E-state index is 13.5. The summed E-state index contributed by atoms with van der Waals surface area (Å²) in [6.07, 6.45) is 0. The van der Waals surface area contributed by atoms with E-state index in [1.807, 2.05) is 25.1 Å². The monoisotopic (exact) mass is 448 g/mol. The molecule has 0 spiro atoms. The van der Waals surface area contributed by atoms with Gasteiger partial charge in [0.2, 0.25) is 0 Å². The third-order valence-electron chi connectivity index (χ3n) is 5.21. The molecule has 6 nitrogen and oxygen atoms in total. The van der Waals surface area contributed by atoms with Gasteiger partial charge in [-0.25, -0.2) is 4.90 Å². The molecule has 0 fully saturated rings. The molecule has 0 aliphatic carbocycles. The van der Waals surface area contributed by atoms with Gasteiger partial charge in [-0.3, -0.25) is 9.59 Å². The highest BCUT2D eigenvalue weighted by molar-refractivity contribution is 6.46. The van der Waals surface area contributed by atoms with Gasteiger partial charge in [0.15, 0.2) is 11.5 Å². The van der Waals surface area contributed by atoms with Crippen LogP contribution in [-0.4, -0.2) is 26.0 Å². The first-order valence-corrected chi connectivity index (χ1v) is 10.3. The zero-order valence-corrected chi connectivity index (χ0v) is 18.6. The van der Waals surface area contributed by atoms with Crippen molar-refractivity contribution in [1.29, 1.82) is 0 Å². The molecule has 7 heteroatoms. The molecule has 0 saturated carbocycles. The van der Waals surface area contributed by atoms with E-state index in [1.165, 1.54) is 7.11 Å². The first kappa shape index (κ1) is 21.5. The second kappa shape index (κ2) is 8.77. The molecule has 3 aromatic carbocycles. The van der Waals surface area contributed by atoms with Crippen molar-refractivity contribution in [3.8, 4) is 11.5 Å². The zero-order chi connectivity index (χ0) is 22.8. The molecule has 0 bridgehead atoms. The van der Waals surface area contributed by atoms with Crippen LogP contribution in [-0.2, 0) is 9.59 Å². The predicted octanol–water partition coefficient (Wildman–Crippen LogP) is 5.06. The summed E-state index contributed by atoms with van der Waals surface area (Å²) < 4.78 is 10.6. The van der Waals surface area contributed by atoms with Crippen molar-refractivity contribution < 1.29 is 19.1 Å². The van der Waals surface area contributed by atoms with Crippen molar-refractivity contribution in [1.82, 2.24) is 0 Å². The minimum Gasteiger partial charge on any atom is -0.493 e. The maximum absolute atomic E-state index is 13.5. The number of hydrogen-bond donors (Lipinski definition) is 1. The van der Waals surface area contributed by atoms with Gasteiger partial charge >= 0.3 is 0 Å². The summed E-state index contributed by atoms with van der Waals surface area (Å²) in [5.41, 5.74) is 2.88. The Balaban J connectivity index is 1.83. The summed E-state index contributed by atoms with van der Waals surface area (Å²) in [7, 11) is 3.08. The van der Waals surface area contributed by atoms with E-state index in [-0.39, 0.29) is 11.3 Å². The van der Waals surface area contributed by atoms with Gasteiger partial charge in [0.25, 0.3) is 11.8 Å². The highest BCUT2D eigenvalue weighted by Crippen LogP contribution is 2.37. The van der Waals surface area contributed by atoms with Gasteiger partial charge in [0.1, 0.15) is 5.70 Å². The molecule has 32 heavy (non-hydrogen) atoms. The number of amides is 2. The molecule has 1 aliphatic heterocycles. The number of anilines is 2. The van der Waals surface area contributed by atoms with Gasteiger partial charge in [0, 0.05) is 16.8 Å². The number of imide groups is 1. The van der Waals surface area contributed by atoms with Crippen molar-refractivity contribution in [3.63, 3.8) is 0 Å². The molecule has 1 aliphatic rings. The number of carbonyl (C=O) groups is 2. The summed E-state index contributed by atoms with van der Waals surface area (Å²) in [5.74, 6) is 0.169. The first-order chi connectivity index (χ1) is 15.4. The SMILES string of the molecule is COc1ccc(NC2=C(c3ccccc3)C(=O)N(c3cc(Cl)ccc3C)C2=O)cc1OC. The Bertz CT molecular complexity index is 1240. The van der Waals surface area contributed by atoms with E-state index in [1.54, 1.807) is 55.6 Å². The quantitative estimate of drug-likeness (QED) is 0.534. The van der Waals surface area contributed by atoms with Crippen LogP contribution in [0.1, 0.15) is 11.1 Å². The summed E-state index contributed by atoms with van der Waals surface area (Å²) in [5, 5.41) is 3.57. The number of methoxy groups -OCH3 is 2. The van der Waals surface area contributed by atoms with Crippen LogP contribution in [0.25, 0.3) is 5.57 Å². The van der Waals surface area contributed by atoms with Crippen molar-refractivity contribution in [2.24, 2.45) is 0 Å². The van der Waals surface area contributed by atoms with Crippen LogP contribution >= 0.6 is 11.6 Å². The lowest BCUT2D eigenvalue weighted by Gasteiger charge is -2.18. The molecule has 0 saturated heterocycles. The molecule has 0 unspecified atom stereocenters. The standard InChI is InChI=1S/C25H21ClN2O4/c1-15-9-10-17(26)13-19(15)28-24(29)22(16-7-5-4-6-8-16)23(25(28)30)27-18-11-12-20(31-2)21(14-18)32-3/h4-14,27H,1-3H3. The molecule has 162 valence electrons. The Hall–Kier alpha value is -3.77. The van der Waals surface area contributed by atoms with Crippen LogP contribution in [0.3, 0.4) is 0 Å². The van der Waals surface area contributed by atoms with E-state index in [4.69, 9.17) is 21.1 Å². The summed E-state index contributed by atoms with van der Waals surface area (Å²) in [6, 6.07) is 19.4. The maximum Gasteiger partial charge on any atom is 0.282 e. The predicted molar refractivity (Wildman–Crippen MR) is 125 cm³/mol.